The van der Waals surface area contributed by atoms with Crippen molar-refractivity contribution < 1.29 is 24.2 Å². The summed E-state index contributed by atoms with van der Waals surface area (Å²) in [5.41, 5.74) is 1.98. The van der Waals surface area contributed by atoms with Crippen LogP contribution in [0.2, 0.25) is 0 Å². The van der Waals surface area contributed by atoms with Crippen LogP contribution in [0.1, 0.15) is 17.5 Å². The summed E-state index contributed by atoms with van der Waals surface area (Å²) in [7, 11) is 0. The van der Waals surface area contributed by atoms with Gasteiger partial charge in [0.25, 0.3) is 0 Å². The van der Waals surface area contributed by atoms with Crippen molar-refractivity contribution in [2.75, 3.05) is 65.8 Å². The third kappa shape index (κ3) is 14.3. The molecule has 8 nitrogen and oxygen atoms in total. The van der Waals surface area contributed by atoms with Crippen molar-refractivity contribution in [1.29, 1.82) is 0 Å². The highest BCUT2D eigenvalue weighted by atomic mass is 16.5. The molecule has 0 atom stereocenters. The second kappa shape index (κ2) is 18.5. The van der Waals surface area contributed by atoms with Gasteiger partial charge >= 0.3 is 0 Å². The molecule has 0 aliphatic carbocycles. The largest absolute Gasteiger partial charge is 0.396 e. The number of aliphatic hydroxyl groups excluding tert-OH is 1. The maximum absolute atomic E-state index is 11.9. The summed E-state index contributed by atoms with van der Waals surface area (Å²) in [4.78, 5) is 26.1. The molecule has 0 radical (unpaired) electrons. The number of nitrogens with one attached hydrogen (secondary N) is 2. The van der Waals surface area contributed by atoms with Crippen LogP contribution in [0.15, 0.2) is 60.7 Å². The van der Waals surface area contributed by atoms with Crippen LogP contribution >= 0.6 is 0 Å². The summed E-state index contributed by atoms with van der Waals surface area (Å²) in [6.07, 6.45) is 1.42. The van der Waals surface area contributed by atoms with Gasteiger partial charge in [0.05, 0.1) is 39.3 Å². The summed E-state index contributed by atoms with van der Waals surface area (Å²) in [5, 5.41) is 14.9. The molecule has 0 saturated heterocycles. The molecule has 192 valence electrons. The molecule has 2 aromatic carbocycles. The smallest absolute Gasteiger partial charge is 0.224 e. The van der Waals surface area contributed by atoms with Gasteiger partial charge in [0.15, 0.2) is 0 Å². The minimum Gasteiger partial charge on any atom is -0.396 e. The van der Waals surface area contributed by atoms with E-state index in [0.717, 1.165) is 30.8 Å². The Morgan fingerprint density at radius 3 is 1.57 bits per heavy atom. The van der Waals surface area contributed by atoms with Crippen LogP contribution < -0.4 is 10.6 Å². The van der Waals surface area contributed by atoms with Gasteiger partial charge in [-0.15, -0.1) is 0 Å². The molecule has 3 N–H and O–H groups in total. The van der Waals surface area contributed by atoms with Gasteiger partial charge in [-0.25, -0.2) is 0 Å². The molecular formula is C27H39N3O5. The molecule has 0 bridgehead atoms. The molecular weight excluding hydrogens is 446 g/mol. The Morgan fingerprint density at radius 1 is 0.686 bits per heavy atom. The summed E-state index contributed by atoms with van der Waals surface area (Å²) < 4.78 is 11.3. The standard InChI is InChI=1S/C27H39N3O5/c31-17-7-14-30(15-20-34-18-12-28-26(32)22-24-8-3-1-4-9-24)16-21-35-19-13-29-27(33)23-25-10-5-2-6-11-25/h1-6,8-11,31H,7,12-23H2,(H,28,32)(H,29,33). The first-order valence-corrected chi connectivity index (χ1v) is 12.3. The molecule has 0 unspecified atom stereocenters. The van der Waals surface area contributed by atoms with Crippen LogP contribution in [0, 0.1) is 0 Å². The van der Waals surface area contributed by atoms with Gasteiger partial charge in [0.2, 0.25) is 11.8 Å². The second-order valence-electron chi connectivity index (χ2n) is 8.17. The highest BCUT2D eigenvalue weighted by molar-refractivity contribution is 5.78. The zero-order valence-electron chi connectivity index (χ0n) is 20.5. The highest BCUT2D eigenvalue weighted by Crippen LogP contribution is 2.00. The Balaban J connectivity index is 1.49. The lowest BCUT2D eigenvalue weighted by Gasteiger charge is -2.22. The highest BCUT2D eigenvalue weighted by Gasteiger charge is 2.06. The molecule has 0 saturated carbocycles. The minimum atomic E-state index is -0.0159. The Labute approximate surface area is 208 Å². The van der Waals surface area contributed by atoms with Crippen LogP contribution in [-0.4, -0.2) is 87.6 Å². The van der Waals surface area contributed by atoms with Gasteiger partial charge in [-0.1, -0.05) is 60.7 Å². The van der Waals surface area contributed by atoms with Crippen molar-refractivity contribution in [2.24, 2.45) is 0 Å². The Morgan fingerprint density at radius 2 is 1.14 bits per heavy atom. The number of amides is 2. The van der Waals surface area contributed by atoms with Gasteiger partial charge in [0.1, 0.15) is 0 Å². The number of carbonyl (C=O) groups excluding carboxylic acids is 2. The summed E-state index contributed by atoms with van der Waals surface area (Å²) in [6.45, 7) is 5.25. The Hall–Kier alpha value is -2.78. The lowest BCUT2D eigenvalue weighted by Crippen LogP contribution is -2.34. The summed E-state index contributed by atoms with van der Waals surface area (Å²) >= 11 is 0. The van der Waals surface area contributed by atoms with Gasteiger partial charge < -0.3 is 25.2 Å². The molecule has 2 aromatic rings. The van der Waals surface area contributed by atoms with E-state index >= 15 is 0 Å². The van der Waals surface area contributed by atoms with Crippen molar-refractivity contribution in [2.45, 2.75) is 19.3 Å². The minimum absolute atomic E-state index is 0.0159. The van der Waals surface area contributed by atoms with E-state index in [4.69, 9.17) is 14.6 Å². The van der Waals surface area contributed by atoms with Crippen molar-refractivity contribution in [1.82, 2.24) is 15.5 Å². The quantitative estimate of drug-likeness (QED) is 0.260. The number of rotatable bonds is 19. The van der Waals surface area contributed by atoms with E-state index in [1.807, 2.05) is 60.7 Å². The van der Waals surface area contributed by atoms with Crippen molar-refractivity contribution in [3.63, 3.8) is 0 Å². The van der Waals surface area contributed by atoms with Crippen molar-refractivity contribution in [3.05, 3.63) is 71.8 Å². The topological polar surface area (TPSA) is 100 Å². The molecule has 8 heteroatoms. The Kier molecular flexibility index (Phi) is 15.1. The van der Waals surface area contributed by atoms with Crippen LogP contribution in [0.4, 0.5) is 0 Å². The summed E-state index contributed by atoms with van der Waals surface area (Å²) in [5.74, 6) is -0.0319. The molecule has 0 spiro atoms. The monoisotopic (exact) mass is 485 g/mol. The van der Waals surface area contributed by atoms with E-state index in [0.29, 0.717) is 58.8 Å². The summed E-state index contributed by atoms with van der Waals surface area (Å²) in [6, 6.07) is 19.3. The molecule has 0 aromatic heterocycles. The van der Waals surface area contributed by atoms with Crippen LogP contribution in [0.5, 0.6) is 0 Å². The van der Waals surface area contributed by atoms with Crippen LogP contribution in [0.25, 0.3) is 0 Å². The van der Waals surface area contributed by atoms with E-state index in [-0.39, 0.29) is 18.4 Å². The van der Waals surface area contributed by atoms with Crippen LogP contribution in [-0.2, 0) is 31.9 Å². The SMILES string of the molecule is O=C(Cc1ccccc1)NCCOCCN(CCCO)CCOCCNC(=O)Cc1ccccc1. The van der Waals surface area contributed by atoms with E-state index in [9.17, 15) is 9.59 Å². The lowest BCUT2D eigenvalue weighted by atomic mass is 10.1. The first kappa shape index (κ1) is 28.5. The van der Waals surface area contributed by atoms with E-state index in [2.05, 4.69) is 15.5 Å². The van der Waals surface area contributed by atoms with Crippen LogP contribution in [0.3, 0.4) is 0 Å². The third-order valence-corrected chi connectivity index (χ3v) is 5.29. The Bertz CT molecular complexity index is 755. The number of ether oxygens (including phenoxy) is 2. The molecule has 0 aliphatic heterocycles. The maximum Gasteiger partial charge on any atom is 0.224 e. The fourth-order valence-corrected chi connectivity index (χ4v) is 3.43. The predicted molar refractivity (Wildman–Crippen MR) is 136 cm³/mol. The fraction of sp³-hybridized carbons (Fsp3) is 0.481. The molecule has 0 aliphatic rings. The zero-order chi connectivity index (χ0) is 25.0. The van der Waals surface area contributed by atoms with E-state index in [1.165, 1.54) is 0 Å². The number of benzene rings is 2. The van der Waals surface area contributed by atoms with Gasteiger partial charge in [-0.3, -0.25) is 14.5 Å². The normalized spacial score (nSPS) is 10.9. The predicted octanol–water partition coefficient (Wildman–Crippen LogP) is 1.42. The first-order valence-electron chi connectivity index (χ1n) is 12.3. The maximum atomic E-state index is 11.9. The first-order chi connectivity index (χ1) is 17.2. The van der Waals surface area contributed by atoms with Gasteiger partial charge in [-0.05, 0) is 17.5 Å². The number of hydrogen-bond acceptors (Lipinski definition) is 6. The molecule has 0 heterocycles. The van der Waals surface area contributed by atoms with Crippen molar-refractivity contribution >= 4 is 11.8 Å². The second-order valence-corrected chi connectivity index (χ2v) is 8.17. The molecule has 35 heavy (non-hydrogen) atoms. The van der Waals surface area contributed by atoms with Gasteiger partial charge in [-0.2, -0.15) is 0 Å². The van der Waals surface area contributed by atoms with E-state index < -0.39 is 0 Å². The zero-order valence-corrected chi connectivity index (χ0v) is 20.5. The number of aliphatic hydroxyl groups is 1. The lowest BCUT2D eigenvalue weighted by molar-refractivity contribution is -0.121. The molecule has 2 rings (SSSR count). The molecule has 0 fully saturated rings. The number of carbonyl (C=O) groups is 2. The number of hydrogen-bond donors (Lipinski definition) is 3. The van der Waals surface area contributed by atoms with Gasteiger partial charge in [0, 0.05) is 39.3 Å². The fourth-order valence-electron chi connectivity index (χ4n) is 3.43. The number of nitrogens with zero attached hydrogens (tertiary/aromatic N) is 1. The average molecular weight is 486 g/mol. The third-order valence-electron chi connectivity index (χ3n) is 5.29. The average Bonchev–Trinajstić information content (AvgIpc) is 2.87. The van der Waals surface area contributed by atoms with Crippen molar-refractivity contribution in [3.8, 4) is 0 Å². The molecule has 2 amide bonds. The van der Waals surface area contributed by atoms with E-state index in [1.54, 1.807) is 0 Å².